The molecule has 0 spiro atoms. The zero-order valence-corrected chi connectivity index (χ0v) is 19.2. The number of nitrogens with one attached hydrogen (secondary N) is 2. The number of imide groups is 1. The Balaban J connectivity index is 1.32. The smallest absolute Gasteiger partial charge is 0.275 e. The molecule has 3 saturated heterocycles. The molecule has 3 aliphatic rings. The van der Waals surface area contributed by atoms with E-state index < -0.39 is 11.9 Å². The van der Waals surface area contributed by atoms with Gasteiger partial charge >= 0.3 is 0 Å². The summed E-state index contributed by atoms with van der Waals surface area (Å²) in [4.78, 5) is 41.8. The number of anilines is 1. The van der Waals surface area contributed by atoms with Crippen molar-refractivity contribution >= 4 is 28.3 Å². The van der Waals surface area contributed by atoms with Gasteiger partial charge in [-0.25, -0.2) is 4.68 Å². The van der Waals surface area contributed by atoms with Crippen LogP contribution in [0, 0.1) is 12.8 Å². The number of carbonyl (C=O) groups is 2. The van der Waals surface area contributed by atoms with Gasteiger partial charge < -0.3 is 10.2 Å². The average Bonchev–Trinajstić information content (AvgIpc) is 2.83. The van der Waals surface area contributed by atoms with E-state index in [1.54, 1.807) is 0 Å². The lowest BCUT2D eigenvalue weighted by Gasteiger charge is -2.38. The summed E-state index contributed by atoms with van der Waals surface area (Å²) in [6.45, 7) is 9.38. The van der Waals surface area contributed by atoms with Crippen LogP contribution in [0.3, 0.4) is 0 Å². The lowest BCUT2D eigenvalue weighted by atomic mass is 9.97. The van der Waals surface area contributed by atoms with Crippen LogP contribution in [0.5, 0.6) is 0 Å². The van der Waals surface area contributed by atoms with Gasteiger partial charge in [-0.3, -0.25) is 24.6 Å². The molecule has 3 fully saturated rings. The number of piperazine rings is 1. The monoisotopic (exact) mass is 452 g/mol. The highest BCUT2D eigenvalue weighted by Crippen LogP contribution is 2.25. The second-order valence-electron chi connectivity index (χ2n) is 9.51. The van der Waals surface area contributed by atoms with E-state index in [-0.39, 0.29) is 17.9 Å². The van der Waals surface area contributed by atoms with Gasteiger partial charge in [0.1, 0.15) is 6.04 Å². The van der Waals surface area contributed by atoms with E-state index in [9.17, 15) is 14.4 Å². The Bertz CT molecular complexity index is 1120. The number of hydrogen-bond donors (Lipinski definition) is 2. The predicted molar refractivity (Wildman–Crippen MR) is 126 cm³/mol. The van der Waals surface area contributed by atoms with Crippen molar-refractivity contribution in [2.75, 3.05) is 50.7 Å². The zero-order valence-electron chi connectivity index (χ0n) is 19.2. The number of benzene rings is 1. The normalized spacial score (nSPS) is 23.2. The molecule has 2 N–H and O–H groups in total. The molecule has 1 aromatic carbocycles. The summed E-state index contributed by atoms with van der Waals surface area (Å²) in [5.74, 6) is 0.0413. The van der Waals surface area contributed by atoms with Crippen molar-refractivity contribution in [2.24, 2.45) is 5.92 Å². The minimum absolute atomic E-state index is 0.212. The van der Waals surface area contributed by atoms with Gasteiger partial charge in [-0.15, -0.1) is 0 Å². The zero-order chi connectivity index (χ0) is 22.9. The van der Waals surface area contributed by atoms with Crippen molar-refractivity contribution in [3.05, 3.63) is 34.2 Å². The van der Waals surface area contributed by atoms with Gasteiger partial charge in [-0.1, -0.05) is 0 Å². The van der Waals surface area contributed by atoms with Crippen LogP contribution in [0.15, 0.2) is 23.0 Å². The first-order chi connectivity index (χ1) is 16.0. The van der Waals surface area contributed by atoms with Crippen LogP contribution in [-0.2, 0) is 9.59 Å². The molecule has 1 unspecified atom stereocenters. The Kier molecular flexibility index (Phi) is 6.16. The molecule has 0 radical (unpaired) electrons. The molecule has 2 aromatic rings. The predicted octanol–water partition coefficient (Wildman–Crippen LogP) is 0.804. The van der Waals surface area contributed by atoms with Crippen LogP contribution in [-0.4, -0.2) is 72.3 Å². The van der Waals surface area contributed by atoms with Gasteiger partial charge in [-0.05, 0) is 63.4 Å². The third kappa shape index (κ3) is 4.52. The summed E-state index contributed by atoms with van der Waals surface area (Å²) in [5, 5.41) is 11.6. The molecule has 0 bridgehead atoms. The maximum atomic E-state index is 13.1. The molecule has 9 nitrogen and oxygen atoms in total. The summed E-state index contributed by atoms with van der Waals surface area (Å²) in [6, 6.07) is 5.16. The van der Waals surface area contributed by atoms with Crippen molar-refractivity contribution < 1.29 is 9.59 Å². The highest BCUT2D eigenvalue weighted by Gasteiger charge is 2.30. The average molecular weight is 453 g/mol. The molecule has 4 heterocycles. The Labute approximate surface area is 193 Å². The number of hydrogen-bond acceptors (Lipinski definition) is 7. The van der Waals surface area contributed by atoms with Crippen LogP contribution in [0.1, 0.15) is 37.4 Å². The molecular formula is C24H32N6O3. The Morgan fingerprint density at radius 3 is 2.48 bits per heavy atom. The van der Waals surface area contributed by atoms with Gasteiger partial charge in [0, 0.05) is 50.2 Å². The number of amides is 2. The highest BCUT2D eigenvalue weighted by atomic mass is 16.2. The summed E-state index contributed by atoms with van der Waals surface area (Å²) < 4.78 is 1.25. The number of nitrogens with zero attached hydrogens (tertiary/aromatic N) is 4. The maximum absolute atomic E-state index is 13.1. The van der Waals surface area contributed by atoms with Gasteiger partial charge in [0.25, 0.3) is 11.5 Å². The van der Waals surface area contributed by atoms with Crippen LogP contribution in [0.2, 0.25) is 0 Å². The highest BCUT2D eigenvalue weighted by molar-refractivity contribution is 5.99. The molecule has 3 aliphatic heterocycles. The van der Waals surface area contributed by atoms with Gasteiger partial charge in [0.2, 0.25) is 5.91 Å². The fourth-order valence-corrected chi connectivity index (χ4v) is 5.34. The number of aromatic nitrogens is 2. The Hall–Kier alpha value is -2.78. The number of rotatable bonds is 4. The largest absolute Gasteiger partial charge is 0.369 e. The maximum Gasteiger partial charge on any atom is 0.275 e. The van der Waals surface area contributed by atoms with Crippen LogP contribution >= 0.6 is 0 Å². The molecule has 33 heavy (non-hydrogen) atoms. The number of fused-ring (bicyclic) bond motifs is 1. The standard InChI is InChI=1S/C24H32N6O3/c1-16-20-14-18(29-12-10-28(11-13-29)15-17-6-8-25-9-7-17)2-3-19(20)24(33)30(27-16)21-4-5-22(31)26-23(21)32/h2-3,14,17,21,25H,4-13,15H2,1H3,(H,26,31,32). The van der Waals surface area contributed by atoms with Gasteiger partial charge in [0.05, 0.1) is 11.1 Å². The Morgan fingerprint density at radius 2 is 1.76 bits per heavy atom. The molecule has 176 valence electrons. The van der Waals surface area contributed by atoms with Crippen LogP contribution in [0.25, 0.3) is 10.8 Å². The third-order valence-corrected chi connectivity index (χ3v) is 7.31. The fraction of sp³-hybridized carbons (Fsp3) is 0.583. The van der Waals surface area contributed by atoms with E-state index in [0.717, 1.165) is 56.3 Å². The van der Waals surface area contributed by atoms with Gasteiger partial charge in [0.15, 0.2) is 0 Å². The first kappa shape index (κ1) is 22.0. The van der Waals surface area contributed by atoms with Crippen LogP contribution < -0.4 is 21.1 Å². The van der Waals surface area contributed by atoms with E-state index in [1.165, 1.54) is 24.1 Å². The SMILES string of the molecule is Cc1nn(C2CCC(=O)NC2=O)c(=O)c2ccc(N3CCN(CC4CCNCC4)CC3)cc12. The van der Waals surface area contributed by atoms with Crippen molar-refractivity contribution in [3.8, 4) is 0 Å². The van der Waals surface area contributed by atoms with Crippen molar-refractivity contribution in [2.45, 2.75) is 38.6 Å². The second-order valence-corrected chi connectivity index (χ2v) is 9.51. The fourth-order valence-electron chi connectivity index (χ4n) is 5.34. The quantitative estimate of drug-likeness (QED) is 0.662. The molecule has 5 rings (SSSR count). The van der Waals surface area contributed by atoms with Crippen molar-refractivity contribution in [1.29, 1.82) is 0 Å². The molecule has 1 atom stereocenters. The second kappa shape index (κ2) is 9.23. The van der Waals surface area contributed by atoms with E-state index in [2.05, 4.69) is 31.6 Å². The number of piperidine rings is 2. The summed E-state index contributed by atoms with van der Waals surface area (Å²) >= 11 is 0. The van der Waals surface area contributed by atoms with Gasteiger partial charge in [-0.2, -0.15) is 5.10 Å². The third-order valence-electron chi connectivity index (χ3n) is 7.31. The minimum atomic E-state index is -0.744. The summed E-state index contributed by atoms with van der Waals surface area (Å²) in [6.07, 6.45) is 3.05. The first-order valence-corrected chi connectivity index (χ1v) is 12.0. The van der Waals surface area contributed by atoms with Crippen molar-refractivity contribution in [1.82, 2.24) is 25.3 Å². The van der Waals surface area contributed by atoms with E-state index in [0.29, 0.717) is 17.5 Å². The molecule has 1 aromatic heterocycles. The first-order valence-electron chi connectivity index (χ1n) is 12.0. The molecule has 9 heteroatoms. The molecular weight excluding hydrogens is 420 g/mol. The lowest BCUT2D eigenvalue weighted by Crippen LogP contribution is -2.48. The topological polar surface area (TPSA) is 99.6 Å². The Morgan fingerprint density at radius 1 is 1.00 bits per heavy atom. The molecule has 0 saturated carbocycles. The van der Waals surface area contributed by atoms with E-state index >= 15 is 0 Å². The number of aryl methyl sites for hydroxylation is 1. The lowest BCUT2D eigenvalue weighted by molar-refractivity contribution is -0.136. The van der Waals surface area contributed by atoms with Crippen molar-refractivity contribution in [3.63, 3.8) is 0 Å². The minimum Gasteiger partial charge on any atom is -0.369 e. The summed E-state index contributed by atoms with van der Waals surface area (Å²) in [5.41, 5.74) is 1.52. The molecule has 0 aliphatic carbocycles. The number of carbonyl (C=O) groups excluding carboxylic acids is 2. The van der Waals surface area contributed by atoms with E-state index in [4.69, 9.17) is 0 Å². The van der Waals surface area contributed by atoms with Crippen LogP contribution in [0.4, 0.5) is 5.69 Å². The van der Waals surface area contributed by atoms with E-state index in [1.807, 2.05) is 19.1 Å². The molecule has 2 amide bonds. The summed E-state index contributed by atoms with van der Waals surface area (Å²) in [7, 11) is 0.